The van der Waals surface area contributed by atoms with Crippen molar-refractivity contribution in [2.24, 2.45) is 0 Å². The standard InChI is InChI=1S/C17H19N5O2/c1-17(2,3)24-13(23)9-22-8-12(11-5-4-6-19-7-11)14-15(18)20-10-21-16(14)22/h4-8,10H,9H2,1-3H3,(H2,18,20,21). The van der Waals surface area contributed by atoms with Gasteiger partial charge in [-0.1, -0.05) is 6.07 Å². The van der Waals surface area contributed by atoms with E-state index in [1.807, 2.05) is 39.1 Å². The number of nitrogen functional groups attached to an aromatic ring is 1. The Morgan fingerprint density at radius 2 is 2.12 bits per heavy atom. The van der Waals surface area contributed by atoms with Crippen LogP contribution in [0.4, 0.5) is 5.82 Å². The second kappa shape index (κ2) is 5.92. The Morgan fingerprint density at radius 1 is 1.33 bits per heavy atom. The summed E-state index contributed by atoms with van der Waals surface area (Å²) in [5, 5.41) is 0.703. The largest absolute Gasteiger partial charge is 0.459 e. The molecule has 3 aromatic heterocycles. The lowest BCUT2D eigenvalue weighted by Gasteiger charge is -2.19. The molecule has 3 heterocycles. The number of esters is 1. The van der Waals surface area contributed by atoms with Gasteiger partial charge in [-0.05, 0) is 26.8 Å². The molecular weight excluding hydrogens is 306 g/mol. The Kier molecular flexibility index (Phi) is 3.92. The first-order valence-electron chi connectivity index (χ1n) is 7.57. The first kappa shape index (κ1) is 15.9. The van der Waals surface area contributed by atoms with Crippen LogP contribution >= 0.6 is 0 Å². The number of aromatic nitrogens is 4. The summed E-state index contributed by atoms with van der Waals surface area (Å²) in [5.41, 5.74) is 7.80. The zero-order valence-corrected chi connectivity index (χ0v) is 13.9. The van der Waals surface area contributed by atoms with Crippen molar-refractivity contribution in [2.45, 2.75) is 32.9 Å². The fourth-order valence-electron chi connectivity index (χ4n) is 2.52. The SMILES string of the molecule is CC(C)(C)OC(=O)Cn1cc(-c2cccnc2)c2c(N)ncnc21. The fraction of sp³-hybridized carbons (Fsp3) is 0.294. The summed E-state index contributed by atoms with van der Waals surface area (Å²) in [4.78, 5) is 24.6. The summed E-state index contributed by atoms with van der Waals surface area (Å²) >= 11 is 0. The Bertz CT molecular complexity index is 881. The van der Waals surface area contributed by atoms with Crippen molar-refractivity contribution in [3.05, 3.63) is 37.1 Å². The summed E-state index contributed by atoms with van der Waals surface area (Å²) in [7, 11) is 0. The number of hydrogen-bond donors (Lipinski definition) is 1. The van der Waals surface area contributed by atoms with Gasteiger partial charge in [-0.2, -0.15) is 0 Å². The summed E-state index contributed by atoms with van der Waals surface area (Å²) in [6, 6.07) is 3.76. The molecule has 0 aliphatic heterocycles. The third-order valence-electron chi connectivity index (χ3n) is 3.37. The second-order valence-electron chi connectivity index (χ2n) is 6.46. The molecule has 0 saturated heterocycles. The van der Waals surface area contributed by atoms with Crippen molar-refractivity contribution in [3.8, 4) is 11.1 Å². The third kappa shape index (κ3) is 3.19. The van der Waals surface area contributed by atoms with E-state index in [1.54, 1.807) is 17.0 Å². The molecule has 7 heteroatoms. The van der Waals surface area contributed by atoms with Crippen LogP contribution in [0, 0.1) is 0 Å². The quantitative estimate of drug-likeness (QED) is 0.743. The lowest BCUT2D eigenvalue weighted by Crippen LogP contribution is -2.26. The van der Waals surface area contributed by atoms with Crippen molar-refractivity contribution in [3.63, 3.8) is 0 Å². The van der Waals surface area contributed by atoms with Crippen molar-refractivity contribution in [2.75, 3.05) is 5.73 Å². The predicted molar refractivity (Wildman–Crippen MR) is 91.0 cm³/mol. The van der Waals surface area contributed by atoms with Crippen molar-refractivity contribution < 1.29 is 9.53 Å². The number of pyridine rings is 1. The molecule has 0 bridgehead atoms. The van der Waals surface area contributed by atoms with Crippen LogP contribution in [0.5, 0.6) is 0 Å². The number of nitrogens with zero attached hydrogens (tertiary/aromatic N) is 4. The highest BCUT2D eigenvalue weighted by Gasteiger charge is 2.20. The topological polar surface area (TPSA) is 95.9 Å². The van der Waals surface area contributed by atoms with Gasteiger partial charge < -0.3 is 15.0 Å². The first-order valence-corrected chi connectivity index (χ1v) is 7.57. The molecule has 0 aliphatic carbocycles. The predicted octanol–water partition coefficient (Wildman–Crippen LogP) is 2.42. The Labute approximate surface area is 139 Å². The van der Waals surface area contributed by atoms with Crippen LogP contribution in [0.2, 0.25) is 0 Å². The van der Waals surface area contributed by atoms with Crippen LogP contribution < -0.4 is 5.73 Å². The molecule has 3 rings (SSSR count). The van der Waals surface area contributed by atoms with E-state index in [0.717, 1.165) is 11.1 Å². The molecule has 0 saturated carbocycles. The van der Waals surface area contributed by atoms with Gasteiger partial charge in [-0.25, -0.2) is 9.97 Å². The third-order valence-corrected chi connectivity index (χ3v) is 3.37. The molecule has 7 nitrogen and oxygen atoms in total. The fourth-order valence-corrected chi connectivity index (χ4v) is 2.52. The molecule has 3 aromatic rings. The molecule has 0 unspecified atom stereocenters. The zero-order chi connectivity index (χ0) is 17.3. The van der Waals surface area contributed by atoms with Gasteiger partial charge in [0, 0.05) is 29.7 Å². The van der Waals surface area contributed by atoms with Crippen LogP contribution in [0.3, 0.4) is 0 Å². The molecular formula is C17H19N5O2. The molecule has 2 N–H and O–H groups in total. The van der Waals surface area contributed by atoms with Gasteiger partial charge in [0.1, 0.15) is 29.9 Å². The summed E-state index contributed by atoms with van der Waals surface area (Å²) in [6.45, 7) is 5.55. The van der Waals surface area contributed by atoms with Crippen LogP contribution in [0.15, 0.2) is 37.1 Å². The van der Waals surface area contributed by atoms with Gasteiger partial charge >= 0.3 is 5.97 Å². The van der Waals surface area contributed by atoms with Crippen LogP contribution in [-0.2, 0) is 16.1 Å². The minimum Gasteiger partial charge on any atom is -0.459 e. The molecule has 24 heavy (non-hydrogen) atoms. The van der Waals surface area contributed by atoms with Crippen LogP contribution in [-0.4, -0.2) is 31.1 Å². The van der Waals surface area contributed by atoms with Crippen LogP contribution in [0.25, 0.3) is 22.2 Å². The molecule has 0 fully saturated rings. The maximum Gasteiger partial charge on any atom is 0.326 e. The van der Waals surface area contributed by atoms with E-state index in [2.05, 4.69) is 15.0 Å². The lowest BCUT2D eigenvalue weighted by atomic mass is 10.1. The Hall–Kier alpha value is -2.96. The molecule has 0 aromatic carbocycles. The number of rotatable bonds is 3. The summed E-state index contributed by atoms with van der Waals surface area (Å²) < 4.78 is 7.11. The number of carbonyl (C=O) groups excluding carboxylic acids is 1. The number of ether oxygens (including phenoxy) is 1. The van der Waals surface area contributed by atoms with E-state index >= 15 is 0 Å². The zero-order valence-electron chi connectivity index (χ0n) is 13.9. The van der Waals surface area contributed by atoms with Crippen molar-refractivity contribution in [1.29, 1.82) is 0 Å². The highest BCUT2D eigenvalue weighted by atomic mass is 16.6. The molecule has 0 spiro atoms. The number of fused-ring (bicyclic) bond motifs is 1. The molecule has 0 atom stereocenters. The van der Waals surface area contributed by atoms with Gasteiger partial charge in [0.15, 0.2) is 0 Å². The van der Waals surface area contributed by atoms with Crippen LogP contribution in [0.1, 0.15) is 20.8 Å². The molecule has 0 radical (unpaired) electrons. The maximum atomic E-state index is 12.2. The van der Waals surface area contributed by atoms with E-state index in [-0.39, 0.29) is 12.5 Å². The van der Waals surface area contributed by atoms with Gasteiger partial charge in [0.25, 0.3) is 0 Å². The van der Waals surface area contributed by atoms with E-state index in [4.69, 9.17) is 10.5 Å². The Balaban J connectivity index is 2.07. The van der Waals surface area contributed by atoms with E-state index in [0.29, 0.717) is 16.9 Å². The Morgan fingerprint density at radius 3 is 2.79 bits per heavy atom. The first-order chi connectivity index (χ1) is 11.3. The average Bonchev–Trinajstić information content (AvgIpc) is 2.86. The minimum absolute atomic E-state index is 0.0461. The highest BCUT2D eigenvalue weighted by molar-refractivity contribution is 6.00. The molecule has 0 amide bonds. The molecule has 124 valence electrons. The number of anilines is 1. The number of carbonyl (C=O) groups is 1. The molecule has 0 aliphatic rings. The normalized spacial score (nSPS) is 11.6. The van der Waals surface area contributed by atoms with Gasteiger partial charge in [0.05, 0.1) is 5.39 Å². The highest BCUT2D eigenvalue weighted by Crippen LogP contribution is 2.32. The number of nitrogens with two attached hydrogens (primary N) is 1. The van der Waals surface area contributed by atoms with E-state index in [9.17, 15) is 4.79 Å². The van der Waals surface area contributed by atoms with E-state index in [1.165, 1.54) is 6.33 Å². The average molecular weight is 325 g/mol. The summed E-state index contributed by atoms with van der Waals surface area (Å²) in [6.07, 6.45) is 6.65. The van der Waals surface area contributed by atoms with Crippen molar-refractivity contribution in [1.82, 2.24) is 19.5 Å². The lowest BCUT2D eigenvalue weighted by molar-refractivity contribution is -0.155. The van der Waals surface area contributed by atoms with Gasteiger partial charge in [-0.3, -0.25) is 9.78 Å². The van der Waals surface area contributed by atoms with Gasteiger partial charge in [0.2, 0.25) is 0 Å². The van der Waals surface area contributed by atoms with Crippen molar-refractivity contribution >= 4 is 22.8 Å². The maximum absolute atomic E-state index is 12.2. The smallest absolute Gasteiger partial charge is 0.326 e. The monoisotopic (exact) mass is 325 g/mol. The second-order valence-corrected chi connectivity index (χ2v) is 6.46. The number of hydrogen-bond acceptors (Lipinski definition) is 6. The van der Waals surface area contributed by atoms with E-state index < -0.39 is 5.60 Å². The van der Waals surface area contributed by atoms with Gasteiger partial charge in [-0.15, -0.1) is 0 Å². The minimum atomic E-state index is -0.541. The summed E-state index contributed by atoms with van der Waals surface area (Å²) in [5.74, 6) is 0.0242.